The molecule has 1 aliphatic rings. The molecule has 1 aromatic heterocycles. The fraction of sp³-hybridized carbons (Fsp3) is 0.200. The summed E-state index contributed by atoms with van der Waals surface area (Å²) in [6, 6.07) is 13.0. The second-order valence-corrected chi connectivity index (χ2v) is 6.07. The molecule has 0 amide bonds. The van der Waals surface area contributed by atoms with E-state index in [1.165, 1.54) is 0 Å². The largest absolute Gasteiger partial charge is 0.497 e. The van der Waals surface area contributed by atoms with Crippen LogP contribution in [-0.2, 0) is 0 Å². The molecular formula is C20H20N4O4. The lowest BCUT2D eigenvalue weighted by Gasteiger charge is -2.14. The van der Waals surface area contributed by atoms with Crippen molar-refractivity contribution in [2.75, 3.05) is 31.6 Å². The van der Waals surface area contributed by atoms with Crippen LogP contribution in [0, 0.1) is 6.92 Å². The standard InChI is InChI=1S/C20H20N4O4/c1-12-21-19(23-13-4-6-17-18(8-13)28-11-27-17)10-20(22-12)24-15-9-14(25-2)5-7-16(15)26-3/h4-10H,11H2,1-3H3,(H2,21,22,23,24). The molecular weight excluding hydrogens is 360 g/mol. The maximum atomic E-state index is 5.42. The summed E-state index contributed by atoms with van der Waals surface area (Å²) in [6.45, 7) is 2.07. The van der Waals surface area contributed by atoms with Gasteiger partial charge in [-0.1, -0.05) is 0 Å². The minimum Gasteiger partial charge on any atom is -0.497 e. The van der Waals surface area contributed by atoms with Crippen molar-refractivity contribution in [1.82, 2.24) is 9.97 Å². The molecule has 0 radical (unpaired) electrons. The van der Waals surface area contributed by atoms with E-state index in [4.69, 9.17) is 18.9 Å². The Kier molecular flexibility index (Phi) is 4.76. The third kappa shape index (κ3) is 3.71. The van der Waals surface area contributed by atoms with Crippen molar-refractivity contribution in [3.05, 3.63) is 48.3 Å². The molecule has 0 bridgehead atoms. The van der Waals surface area contributed by atoms with Crippen LogP contribution in [0.2, 0.25) is 0 Å². The molecule has 0 atom stereocenters. The molecule has 2 aromatic carbocycles. The van der Waals surface area contributed by atoms with Gasteiger partial charge in [0.25, 0.3) is 0 Å². The Labute approximate surface area is 162 Å². The molecule has 0 saturated carbocycles. The summed E-state index contributed by atoms with van der Waals surface area (Å²) in [6.07, 6.45) is 0. The fourth-order valence-electron chi connectivity index (χ4n) is 2.87. The van der Waals surface area contributed by atoms with Gasteiger partial charge < -0.3 is 29.6 Å². The number of nitrogens with one attached hydrogen (secondary N) is 2. The van der Waals surface area contributed by atoms with Crippen molar-refractivity contribution in [2.45, 2.75) is 6.92 Å². The Hall–Kier alpha value is -3.68. The first-order chi connectivity index (χ1) is 13.6. The molecule has 3 aromatic rings. The van der Waals surface area contributed by atoms with E-state index in [-0.39, 0.29) is 6.79 Å². The summed E-state index contributed by atoms with van der Waals surface area (Å²) in [5, 5.41) is 6.54. The topological polar surface area (TPSA) is 86.8 Å². The first-order valence-corrected chi connectivity index (χ1v) is 8.66. The number of ether oxygens (including phenoxy) is 4. The van der Waals surface area contributed by atoms with E-state index in [2.05, 4.69) is 20.6 Å². The molecule has 1 aliphatic heterocycles. The van der Waals surface area contributed by atoms with Crippen LogP contribution in [0.3, 0.4) is 0 Å². The van der Waals surface area contributed by atoms with Gasteiger partial charge in [0, 0.05) is 23.9 Å². The smallest absolute Gasteiger partial charge is 0.231 e. The lowest BCUT2D eigenvalue weighted by molar-refractivity contribution is 0.174. The Morgan fingerprint density at radius 3 is 2.43 bits per heavy atom. The van der Waals surface area contributed by atoms with Crippen LogP contribution in [-0.4, -0.2) is 31.0 Å². The molecule has 2 heterocycles. The van der Waals surface area contributed by atoms with Crippen LogP contribution >= 0.6 is 0 Å². The van der Waals surface area contributed by atoms with E-state index in [1.54, 1.807) is 14.2 Å². The maximum Gasteiger partial charge on any atom is 0.231 e. The van der Waals surface area contributed by atoms with Crippen molar-refractivity contribution in [1.29, 1.82) is 0 Å². The molecule has 0 spiro atoms. The molecule has 144 valence electrons. The highest BCUT2D eigenvalue weighted by molar-refractivity contribution is 5.69. The number of aryl methyl sites for hydroxylation is 1. The Morgan fingerprint density at radius 1 is 0.857 bits per heavy atom. The lowest BCUT2D eigenvalue weighted by Crippen LogP contribution is -2.02. The quantitative estimate of drug-likeness (QED) is 0.663. The molecule has 28 heavy (non-hydrogen) atoms. The molecule has 2 N–H and O–H groups in total. The van der Waals surface area contributed by atoms with Gasteiger partial charge in [-0.3, -0.25) is 0 Å². The van der Waals surface area contributed by atoms with Gasteiger partial charge in [-0.2, -0.15) is 0 Å². The van der Waals surface area contributed by atoms with Gasteiger partial charge in [0.05, 0.1) is 19.9 Å². The lowest BCUT2D eigenvalue weighted by atomic mass is 10.2. The number of rotatable bonds is 6. The predicted octanol–water partition coefficient (Wildman–Crippen LogP) is 4.02. The number of hydrogen-bond donors (Lipinski definition) is 2. The summed E-state index contributed by atoms with van der Waals surface area (Å²) in [4.78, 5) is 8.91. The summed E-state index contributed by atoms with van der Waals surface area (Å²) < 4.78 is 21.5. The maximum absolute atomic E-state index is 5.42. The van der Waals surface area contributed by atoms with E-state index < -0.39 is 0 Å². The van der Waals surface area contributed by atoms with Gasteiger partial charge in [0.2, 0.25) is 6.79 Å². The minimum atomic E-state index is 0.238. The van der Waals surface area contributed by atoms with Crippen LogP contribution in [0.1, 0.15) is 5.82 Å². The number of fused-ring (bicyclic) bond motifs is 1. The van der Waals surface area contributed by atoms with E-state index >= 15 is 0 Å². The van der Waals surface area contributed by atoms with Gasteiger partial charge in [-0.05, 0) is 31.2 Å². The molecule has 4 rings (SSSR count). The van der Waals surface area contributed by atoms with Gasteiger partial charge in [-0.25, -0.2) is 9.97 Å². The molecule has 8 nitrogen and oxygen atoms in total. The SMILES string of the molecule is COc1ccc(OC)c(Nc2cc(Nc3ccc4c(c3)OCO4)nc(C)n2)c1. The fourth-order valence-corrected chi connectivity index (χ4v) is 2.87. The Bertz CT molecular complexity index is 1010. The highest BCUT2D eigenvalue weighted by Crippen LogP contribution is 2.35. The van der Waals surface area contributed by atoms with Crippen LogP contribution in [0.4, 0.5) is 23.0 Å². The number of aromatic nitrogens is 2. The number of nitrogens with zero attached hydrogens (tertiary/aromatic N) is 2. The molecule has 0 fully saturated rings. The van der Waals surface area contributed by atoms with Gasteiger partial charge in [0.15, 0.2) is 11.5 Å². The second kappa shape index (κ2) is 7.51. The highest BCUT2D eigenvalue weighted by Gasteiger charge is 2.14. The third-order valence-electron chi connectivity index (χ3n) is 4.15. The van der Waals surface area contributed by atoms with Gasteiger partial charge >= 0.3 is 0 Å². The number of hydrogen-bond acceptors (Lipinski definition) is 8. The first-order valence-electron chi connectivity index (χ1n) is 8.66. The highest BCUT2D eigenvalue weighted by atomic mass is 16.7. The van der Waals surface area contributed by atoms with Crippen molar-refractivity contribution in [3.8, 4) is 23.0 Å². The summed E-state index contributed by atoms with van der Waals surface area (Å²) in [7, 11) is 3.23. The Balaban J connectivity index is 1.59. The molecule has 8 heteroatoms. The summed E-state index contributed by atoms with van der Waals surface area (Å²) >= 11 is 0. The number of benzene rings is 2. The monoisotopic (exact) mass is 380 g/mol. The third-order valence-corrected chi connectivity index (χ3v) is 4.15. The number of methoxy groups -OCH3 is 2. The van der Waals surface area contributed by atoms with Crippen molar-refractivity contribution in [2.24, 2.45) is 0 Å². The molecule has 0 unspecified atom stereocenters. The predicted molar refractivity (Wildman–Crippen MR) is 105 cm³/mol. The Morgan fingerprint density at radius 2 is 1.64 bits per heavy atom. The zero-order valence-corrected chi connectivity index (χ0v) is 15.8. The summed E-state index contributed by atoms with van der Waals surface area (Å²) in [5.74, 6) is 4.73. The second-order valence-electron chi connectivity index (χ2n) is 6.07. The summed E-state index contributed by atoms with van der Waals surface area (Å²) in [5.41, 5.74) is 1.58. The number of anilines is 4. The molecule has 0 aliphatic carbocycles. The minimum absolute atomic E-state index is 0.238. The van der Waals surface area contributed by atoms with Gasteiger partial charge in [0.1, 0.15) is 29.0 Å². The average molecular weight is 380 g/mol. The van der Waals surface area contributed by atoms with E-state index in [9.17, 15) is 0 Å². The van der Waals surface area contributed by atoms with Crippen molar-refractivity contribution in [3.63, 3.8) is 0 Å². The molecule has 0 saturated heterocycles. The van der Waals surface area contributed by atoms with Crippen LogP contribution < -0.4 is 29.6 Å². The van der Waals surface area contributed by atoms with Gasteiger partial charge in [-0.15, -0.1) is 0 Å². The van der Waals surface area contributed by atoms with Crippen molar-refractivity contribution < 1.29 is 18.9 Å². The van der Waals surface area contributed by atoms with Crippen LogP contribution in [0.5, 0.6) is 23.0 Å². The zero-order chi connectivity index (χ0) is 19.5. The zero-order valence-electron chi connectivity index (χ0n) is 15.8. The van der Waals surface area contributed by atoms with Crippen molar-refractivity contribution >= 4 is 23.0 Å². The first kappa shape index (κ1) is 17.7. The van der Waals surface area contributed by atoms with Crippen LogP contribution in [0.25, 0.3) is 0 Å². The van der Waals surface area contributed by atoms with E-state index in [0.717, 1.165) is 17.1 Å². The normalized spacial score (nSPS) is 11.8. The average Bonchev–Trinajstić information content (AvgIpc) is 3.15. The van der Waals surface area contributed by atoms with E-state index in [0.29, 0.717) is 34.7 Å². The van der Waals surface area contributed by atoms with Crippen LogP contribution in [0.15, 0.2) is 42.5 Å². The van der Waals surface area contributed by atoms with E-state index in [1.807, 2.05) is 49.4 Å².